The van der Waals surface area contributed by atoms with E-state index in [0.717, 1.165) is 12.8 Å². The van der Waals surface area contributed by atoms with Crippen LogP contribution in [0.2, 0.25) is 0 Å². The van der Waals surface area contributed by atoms with Gasteiger partial charge in [-0.2, -0.15) is 0 Å². The van der Waals surface area contributed by atoms with Gasteiger partial charge in [-0.05, 0) is 33.6 Å². The largest absolute Gasteiger partial charge is 0.444 e. The van der Waals surface area contributed by atoms with E-state index in [9.17, 15) is 9.59 Å². The molecule has 2 bridgehead atoms. The van der Waals surface area contributed by atoms with Gasteiger partial charge in [0, 0.05) is 26.1 Å². The first-order chi connectivity index (χ1) is 8.28. The van der Waals surface area contributed by atoms with Crippen molar-refractivity contribution in [3.8, 4) is 0 Å². The number of hydrogen-bond acceptors (Lipinski definition) is 3. The average Bonchev–Trinajstić information content (AvgIpc) is 2.27. The molecule has 3 rings (SSSR count). The van der Waals surface area contributed by atoms with Gasteiger partial charge in [-0.1, -0.05) is 0 Å². The Hall–Kier alpha value is -1.26. The molecule has 18 heavy (non-hydrogen) atoms. The predicted octanol–water partition coefficient (Wildman–Crippen LogP) is 1.62. The summed E-state index contributed by atoms with van der Waals surface area (Å²) in [6.07, 6.45) is 1.71. The summed E-state index contributed by atoms with van der Waals surface area (Å²) < 4.78 is 5.41. The highest BCUT2D eigenvalue weighted by Crippen LogP contribution is 2.30. The SMILES string of the molecule is CC(=O)N1C[C@@H]2CC[C@H]1CN2C(=O)OC(C)(C)C. The lowest BCUT2D eigenvalue weighted by Crippen LogP contribution is -2.65. The Labute approximate surface area is 108 Å². The van der Waals surface area contributed by atoms with Gasteiger partial charge in [0.15, 0.2) is 0 Å². The van der Waals surface area contributed by atoms with Crippen LogP contribution in [-0.2, 0) is 9.53 Å². The van der Waals surface area contributed by atoms with E-state index in [4.69, 9.17) is 4.74 Å². The third kappa shape index (κ3) is 2.60. The van der Waals surface area contributed by atoms with E-state index in [1.165, 1.54) is 0 Å². The molecule has 0 saturated carbocycles. The lowest BCUT2D eigenvalue weighted by atomic mass is 9.91. The molecule has 0 aromatic carbocycles. The predicted molar refractivity (Wildman–Crippen MR) is 67.1 cm³/mol. The summed E-state index contributed by atoms with van der Waals surface area (Å²) in [5, 5.41) is 0. The third-order valence-electron chi connectivity index (χ3n) is 3.56. The molecular formula is C13H22N2O3. The Bertz CT molecular complexity index is 362. The molecule has 0 aromatic rings. The van der Waals surface area contributed by atoms with Crippen LogP contribution in [0, 0.1) is 0 Å². The van der Waals surface area contributed by atoms with E-state index < -0.39 is 5.60 Å². The Morgan fingerprint density at radius 3 is 1.94 bits per heavy atom. The van der Waals surface area contributed by atoms with Crippen LogP contribution in [-0.4, -0.2) is 52.6 Å². The van der Waals surface area contributed by atoms with Crippen LogP contribution in [0.1, 0.15) is 40.5 Å². The van der Waals surface area contributed by atoms with Gasteiger partial charge < -0.3 is 14.5 Å². The minimum atomic E-state index is -0.464. The molecule has 0 spiro atoms. The number of nitrogens with zero attached hydrogens (tertiary/aromatic N) is 2. The summed E-state index contributed by atoms with van der Waals surface area (Å²) in [7, 11) is 0. The van der Waals surface area contributed by atoms with Crippen LogP contribution in [0.4, 0.5) is 4.79 Å². The molecule has 3 aliphatic rings. The van der Waals surface area contributed by atoms with Gasteiger partial charge in [-0.25, -0.2) is 4.79 Å². The number of fused-ring (bicyclic) bond motifs is 3. The Balaban J connectivity index is 2.02. The Morgan fingerprint density at radius 1 is 1.06 bits per heavy atom. The Kier molecular flexibility index (Phi) is 3.25. The average molecular weight is 254 g/mol. The molecule has 3 saturated heterocycles. The number of rotatable bonds is 0. The molecule has 5 heteroatoms. The number of piperidine rings is 2. The number of carbonyl (C=O) groups excluding carboxylic acids is 2. The molecule has 3 fully saturated rings. The van der Waals surface area contributed by atoms with Crippen molar-refractivity contribution in [1.82, 2.24) is 9.80 Å². The number of hydrogen-bond donors (Lipinski definition) is 0. The summed E-state index contributed by atoms with van der Waals surface area (Å²) in [4.78, 5) is 27.2. The van der Waals surface area contributed by atoms with E-state index >= 15 is 0 Å². The molecule has 5 nitrogen and oxygen atoms in total. The zero-order valence-electron chi connectivity index (χ0n) is 11.6. The quantitative estimate of drug-likeness (QED) is 0.660. The van der Waals surface area contributed by atoms with Crippen molar-refractivity contribution in [2.45, 2.75) is 58.2 Å². The minimum Gasteiger partial charge on any atom is -0.444 e. The minimum absolute atomic E-state index is 0.105. The first kappa shape index (κ1) is 13.2. The first-order valence-electron chi connectivity index (χ1n) is 6.55. The molecule has 0 aromatic heterocycles. The van der Waals surface area contributed by atoms with Crippen molar-refractivity contribution in [1.29, 1.82) is 0 Å². The fourth-order valence-corrected chi connectivity index (χ4v) is 2.76. The standard InChI is InChI=1S/C13H22N2O3/c1-9(16)14-7-11-6-5-10(14)8-15(11)12(17)18-13(2,3)4/h10-11H,5-8H2,1-4H3/t10-,11-/m0/s1. The van der Waals surface area contributed by atoms with Gasteiger partial charge in [-0.15, -0.1) is 0 Å². The molecule has 0 aliphatic carbocycles. The fraction of sp³-hybridized carbons (Fsp3) is 0.846. The van der Waals surface area contributed by atoms with Crippen molar-refractivity contribution in [2.24, 2.45) is 0 Å². The maximum absolute atomic E-state index is 12.1. The molecule has 2 atom stereocenters. The van der Waals surface area contributed by atoms with E-state index in [2.05, 4.69) is 0 Å². The second-order valence-corrected chi connectivity index (χ2v) is 6.19. The zero-order chi connectivity index (χ0) is 13.5. The lowest BCUT2D eigenvalue weighted by molar-refractivity contribution is -0.139. The van der Waals surface area contributed by atoms with Crippen LogP contribution >= 0.6 is 0 Å². The van der Waals surface area contributed by atoms with Crippen LogP contribution in [0.15, 0.2) is 0 Å². The summed E-state index contributed by atoms with van der Waals surface area (Å²) in [5.41, 5.74) is -0.464. The van der Waals surface area contributed by atoms with Crippen LogP contribution in [0.25, 0.3) is 0 Å². The normalized spacial score (nSPS) is 27.3. The Morgan fingerprint density at radius 2 is 1.56 bits per heavy atom. The molecular weight excluding hydrogens is 232 g/mol. The number of ether oxygens (including phenoxy) is 1. The maximum atomic E-state index is 12.1. The van der Waals surface area contributed by atoms with Crippen LogP contribution in [0.3, 0.4) is 0 Å². The first-order valence-corrected chi connectivity index (χ1v) is 6.55. The van der Waals surface area contributed by atoms with Crippen molar-refractivity contribution < 1.29 is 14.3 Å². The van der Waals surface area contributed by atoms with Gasteiger partial charge in [0.1, 0.15) is 5.60 Å². The summed E-state index contributed by atoms with van der Waals surface area (Å²) in [6, 6.07) is 0.286. The van der Waals surface area contributed by atoms with Crippen molar-refractivity contribution in [2.75, 3.05) is 13.1 Å². The highest BCUT2D eigenvalue weighted by Gasteiger charge is 2.43. The van der Waals surface area contributed by atoms with Gasteiger partial charge >= 0.3 is 6.09 Å². The highest BCUT2D eigenvalue weighted by molar-refractivity contribution is 5.75. The van der Waals surface area contributed by atoms with Gasteiger partial charge in [0.05, 0.1) is 6.04 Å². The number of piperazine rings is 1. The number of carbonyl (C=O) groups is 2. The molecule has 0 N–H and O–H groups in total. The molecule has 3 heterocycles. The molecule has 2 amide bonds. The number of amides is 2. The van der Waals surface area contributed by atoms with Gasteiger partial charge in [0.2, 0.25) is 5.91 Å². The van der Waals surface area contributed by atoms with E-state index in [0.29, 0.717) is 13.1 Å². The summed E-state index contributed by atoms with van der Waals surface area (Å²) in [6.45, 7) is 8.47. The highest BCUT2D eigenvalue weighted by atomic mass is 16.6. The van der Waals surface area contributed by atoms with Gasteiger partial charge in [-0.3, -0.25) is 4.79 Å². The zero-order valence-corrected chi connectivity index (χ0v) is 11.6. The van der Waals surface area contributed by atoms with Gasteiger partial charge in [0.25, 0.3) is 0 Å². The van der Waals surface area contributed by atoms with Crippen molar-refractivity contribution in [3.63, 3.8) is 0 Å². The van der Waals surface area contributed by atoms with Crippen molar-refractivity contribution in [3.05, 3.63) is 0 Å². The third-order valence-corrected chi connectivity index (χ3v) is 3.56. The topological polar surface area (TPSA) is 49.9 Å². The maximum Gasteiger partial charge on any atom is 0.410 e. The smallest absolute Gasteiger partial charge is 0.410 e. The van der Waals surface area contributed by atoms with E-state index in [1.807, 2.05) is 25.7 Å². The summed E-state index contributed by atoms with van der Waals surface area (Å²) >= 11 is 0. The van der Waals surface area contributed by atoms with Crippen LogP contribution in [0.5, 0.6) is 0 Å². The second-order valence-electron chi connectivity index (χ2n) is 6.19. The molecule has 0 unspecified atom stereocenters. The van der Waals surface area contributed by atoms with Crippen LogP contribution < -0.4 is 0 Å². The fourth-order valence-electron chi connectivity index (χ4n) is 2.76. The summed E-state index contributed by atoms with van der Waals surface area (Å²) in [5.74, 6) is 0.105. The lowest BCUT2D eigenvalue weighted by Gasteiger charge is -2.50. The molecule has 102 valence electrons. The van der Waals surface area contributed by atoms with Crippen molar-refractivity contribution >= 4 is 12.0 Å². The van der Waals surface area contributed by atoms with E-state index in [-0.39, 0.29) is 24.1 Å². The monoisotopic (exact) mass is 254 g/mol. The molecule has 0 radical (unpaired) electrons. The van der Waals surface area contributed by atoms with E-state index in [1.54, 1.807) is 11.8 Å². The molecule has 3 aliphatic heterocycles. The second kappa shape index (κ2) is 4.44.